The van der Waals surface area contributed by atoms with Crippen molar-refractivity contribution >= 4 is 6.09 Å². The Hall–Kier alpha value is -2.33. The third-order valence-electron chi connectivity index (χ3n) is 4.82. The summed E-state index contributed by atoms with van der Waals surface area (Å²) in [4.78, 5) is 14.4. The highest BCUT2D eigenvalue weighted by Gasteiger charge is 2.43. The van der Waals surface area contributed by atoms with E-state index in [4.69, 9.17) is 4.74 Å². The first kappa shape index (κ1) is 19.4. The van der Waals surface area contributed by atoms with E-state index < -0.39 is 5.60 Å². The van der Waals surface area contributed by atoms with E-state index in [1.165, 1.54) is 11.1 Å². The molecular weight excluding hydrogens is 336 g/mol. The Morgan fingerprint density at radius 2 is 1.52 bits per heavy atom. The molecule has 3 rings (SSSR count). The van der Waals surface area contributed by atoms with Crippen LogP contribution >= 0.6 is 0 Å². The molecule has 27 heavy (non-hydrogen) atoms. The highest BCUT2D eigenvalue weighted by Crippen LogP contribution is 2.39. The molecule has 0 saturated carbocycles. The molecule has 1 aliphatic heterocycles. The second kappa shape index (κ2) is 7.73. The van der Waals surface area contributed by atoms with Crippen molar-refractivity contribution in [2.24, 2.45) is 5.41 Å². The van der Waals surface area contributed by atoms with Crippen LogP contribution in [0.2, 0.25) is 0 Å². The molecule has 0 atom stereocenters. The van der Waals surface area contributed by atoms with Crippen LogP contribution in [0.5, 0.6) is 0 Å². The van der Waals surface area contributed by atoms with E-state index in [-0.39, 0.29) is 17.6 Å². The Bertz CT molecular complexity index is 707. The van der Waals surface area contributed by atoms with Crippen molar-refractivity contribution < 1.29 is 9.53 Å². The molecule has 2 aromatic rings. The number of likely N-dealkylation sites (tertiary alicyclic amines) is 1. The van der Waals surface area contributed by atoms with Crippen LogP contribution in [0.4, 0.5) is 4.79 Å². The van der Waals surface area contributed by atoms with Crippen LogP contribution < -0.4 is 5.32 Å². The Balaban J connectivity index is 1.65. The summed E-state index contributed by atoms with van der Waals surface area (Å²) in [5, 5.41) is 2.93. The van der Waals surface area contributed by atoms with Gasteiger partial charge in [-0.05, 0) is 31.9 Å². The molecule has 144 valence electrons. The Kier molecular flexibility index (Phi) is 5.56. The molecule has 4 nitrogen and oxygen atoms in total. The van der Waals surface area contributed by atoms with Gasteiger partial charge in [-0.2, -0.15) is 0 Å². The van der Waals surface area contributed by atoms with E-state index in [1.54, 1.807) is 0 Å². The lowest BCUT2D eigenvalue weighted by atomic mass is 9.79. The van der Waals surface area contributed by atoms with Crippen LogP contribution in [0.1, 0.15) is 44.9 Å². The Morgan fingerprint density at radius 3 is 1.96 bits per heavy atom. The molecule has 0 unspecified atom stereocenters. The molecule has 2 aromatic carbocycles. The number of ether oxygens (including phenoxy) is 1. The molecule has 0 aliphatic carbocycles. The molecular formula is C23H30N2O2. The lowest BCUT2D eigenvalue weighted by molar-refractivity contribution is -0.0106. The number of nitrogens with zero attached hydrogens (tertiary/aromatic N) is 1. The van der Waals surface area contributed by atoms with Gasteiger partial charge in [0.2, 0.25) is 0 Å². The van der Waals surface area contributed by atoms with Crippen molar-refractivity contribution in [2.45, 2.75) is 39.3 Å². The summed E-state index contributed by atoms with van der Waals surface area (Å²) in [6.07, 6.45) is -0.343. The third kappa shape index (κ3) is 5.10. The number of benzene rings is 2. The van der Waals surface area contributed by atoms with E-state index in [2.05, 4.69) is 77.8 Å². The summed E-state index contributed by atoms with van der Waals surface area (Å²) in [6, 6.07) is 21.5. The van der Waals surface area contributed by atoms with Gasteiger partial charge >= 0.3 is 6.09 Å². The fourth-order valence-corrected chi connectivity index (χ4v) is 3.71. The van der Waals surface area contributed by atoms with Crippen LogP contribution in [-0.2, 0) is 4.74 Å². The van der Waals surface area contributed by atoms with Gasteiger partial charge in [0.1, 0.15) is 5.60 Å². The third-order valence-corrected chi connectivity index (χ3v) is 4.82. The highest BCUT2D eigenvalue weighted by atomic mass is 16.6. The monoisotopic (exact) mass is 366 g/mol. The van der Waals surface area contributed by atoms with Gasteiger partial charge in [0.05, 0.1) is 6.04 Å². The first-order chi connectivity index (χ1) is 12.8. The van der Waals surface area contributed by atoms with E-state index >= 15 is 0 Å². The molecule has 1 amide bonds. The lowest BCUT2D eigenvalue weighted by Gasteiger charge is -2.52. The zero-order chi connectivity index (χ0) is 19.5. The smallest absolute Gasteiger partial charge is 0.407 e. The van der Waals surface area contributed by atoms with Gasteiger partial charge in [0.15, 0.2) is 0 Å². The topological polar surface area (TPSA) is 41.6 Å². The van der Waals surface area contributed by atoms with Crippen LogP contribution in [0, 0.1) is 5.41 Å². The van der Waals surface area contributed by atoms with E-state index in [9.17, 15) is 4.79 Å². The maximum Gasteiger partial charge on any atom is 0.407 e. The molecule has 0 aromatic heterocycles. The fraction of sp³-hybridized carbons (Fsp3) is 0.435. The summed E-state index contributed by atoms with van der Waals surface area (Å²) in [7, 11) is 0. The van der Waals surface area contributed by atoms with Crippen molar-refractivity contribution in [3.8, 4) is 0 Å². The van der Waals surface area contributed by atoms with E-state index in [0.29, 0.717) is 6.54 Å². The number of carbonyl (C=O) groups is 1. The molecule has 1 fully saturated rings. The minimum atomic E-state index is -0.470. The summed E-state index contributed by atoms with van der Waals surface area (Å²) in [5.41, 5.74) is 2.18. The van der Waals surface area contributed by atoms with Gasteiger partial charge in [-0.25, -0.2) is 4.79 Å². The van der Waals surface area contributed by atoms with Gasteiger partial charge in [0.25, 0.3) is 0 Å². The average Bonchev–Trinajstić information content (AvgIpc) is 2.59. The maximum absolute atomic E-state index is 12.0. The van der Waals surface area contributed by atoms with Crippen molar-refractivity contribution in [3.05, 3.63) is 71.8 Å². The van der Waals surface area contributed by atoms with Gasteiger partial charge in [-0.1, -0.05) is 67.6 Å². The molecule has 0 bridgehead atoms. The predicted octanol–water partition coefficient (Wildman–Crippen LogP) is 4.62. The molecule has 1 aliphatic rings. The average molecular weight is 367 g/mol. The second-order valence-electron chi connectivity index (χ2n) is 8.79. The van der Waals surface area contributed by atoms with Gasteiger partial charge in [0, 0.05) is 25.0 Å². The quantitative estimate of drug-likeness (QED) is 0.839. The van der Waals surface area contributed by atoms with Crippen molar-refractivity contribution in [3.63, 3.8) is 0 Å². The molecule has 1 saturated heterocycles. The molecule has 1 N–H and O–H groups in total. The van der Waals surface area contributed by atoms with Crippen LogP contribution in [0.3, 0.4) is 0 Å². The minimum Gasteiger partial charge on any atom is -0.444 e. The summed E-state index contributed by atoms with van der Waals surface area (Å²) < 4.78 is 5.35. The number of carbonyl (C=O) groups excluding carboxylic acids is 1. The highest BCUT2D eigenvalue weighted by molar-refractivity contribution is 5.67. The lowest BCUT2D eigenvalue weighted by Crippen LogP contribution is -2.60. The minimum absolute atomic E-state index is 0.0543. The number of rotatable bonds is 5. The van der Waals surface area contributed by atoms with E-state index in [1.807, 2.05) is 20.8 Å². The second-order valence-corrected chi connectivity index (χ2v) is 8.79. The van der Waals surface area contributed by atoms with Crippen molar-refractivity contribution in [1.29, 1.82) is 0 Å². The van der Waals surface area contributed by atoms with E-state index in [0.717, 1.165) is 13.1 Å². The number of hydrogen-bond acceptors (Lipinski definition) is 3. The molecule has 1 heterocycles. The molecule has 0 radical (unpaired) electrons. The summed E-state index contributed by atoms with van der Waals surface area (Å²) >= 11 is 0. The zero-order valence-corrected chi connectivity index (χ0v) is 16.7. The first-order valence-electron chi connectivity index (χ1n) is 9.57. The summed E-state index contributed by atoms with van der Waals surface area (Å²) in [6.45, 7) is 10.3. The standard InChI is InChI=1S/C23H30N2O2/c1-22(2,3)27-21(26)24-15-23(4)16-25(17-23)20(18-11-7-5-8-12-18)19-13-9-6-10-14-19/h5-14,20H,15-17H2,1-4H3,(H,24,26). The maximum atomic E-state index is 12.0. The SMILES string of the molecule is CC1(CNC(=O)OC(C)(C)C)CN(C(c2ccccc2)c2ccccc2)C1. The Morgan fingerprint density at radius 1 is 1.04 bits per heavy atom. The first-order valence-corrected chi connectivity index (χ1v) is 9.57. The number of hydrogen-bond donors (Lipinski definition) is 1. The van der Waals surface area contributed by atoms with Gasteiger partial charge < -0.3 is 10.1 Å². The Labute approximate surface area is 162 Å². The molecule has 0 spiro atoms. The number of alkyl carbamates (subject to hydrolysis) is 1. The summed E-state index contributed by atoms with van der Waals surface area (Å²) in [5.74, 6) is 0. The number of nitrogens with one attached hydrogen (secondary N) is 1. The van der Waals surface area contributed by atoms with Crippen LogP contribution in [0.15, 0.2) is 60.7 Å². The van der Waals surface area contributed by atoms with Crippen LogP contribution in [-0.4, -0.2) is 36.2 Å². The van der Waals surface area contributed by atoms with Gasteiger partial charge in [-0.15, -0.1) is 0 Å². The molecule has 4 heteroatoms. The predicted molar refractivity (Wildman–Crippen MR) is 109 cm³/mol. The number of amides is 1. The van der Waals surface area contributed by atoms with Crippen molar-refractivity contribution in [1.82, 2.24) is 10.2 Å². The van der Waals surface area contributed by atoms with Crippen LogP contribution in [0.25, 0.3) is 0 Å². The van der Waals surface area contributed by atoms with Crippen molar-refractivity contribution in [2.75, 3.05) is 19.6 Å². The normalized spacial score (nSPS) is 16.6. The fourth-order valence-electron chi connectivity index (χ4n) is 3.71. The van der Waals surface area contributed by atoms with Gasteiger partial charge in [-0.3, -0.25) is 4.90 Å². The zero-order valence-electron chi connectivity index (χ0n) is 16.7. The largest absolute Gasteiger partial charge is 0.444 e.